The van der Waals surface area contributed by atoms with Crippen molar-refractivity contribution in [3.8, 4) is 11.4 Å². The van der Waals surface area contributed by atoms with Crippen molar-refractivity contribution in [2.45, 2.75) is 26.3 Å². The van der Waals surface area contributed by atoms with Crippen molar-refractivity contribution in [3.05, 3.63) is 41.2 Å². The first-order chi connectivity index (χ1) is 12.0. The molecule has 1 aromatic heterocycles. The van der Waals surface area contributed by atoms with Gasteiger partial charge in [-0.1, -0.05) is 0 Å². The van der Waals surface area contributed by atoms with Gasteiger partial charge in [0.1, 0.15) is 11.4 Å². The highest BCUT2D eigenvalue weighted by molar-refractivity contribution is 7.98. The summed E-state index contributed by atoms with van der Waals surface area (Å²) in [5, 5.41) is 16.8. The normalized spacial score (nSPS) is 12.0. The lowest BCUT2D eigenvalue weighted by Gasteiger charge is -2.17. The van der Waals surface area contributed by atoms with E-state index in [-0.39, 0.29) is 18.6 Å². The Morgan fingerprint density at radius 3 is 2.72 bits per heavy atom. The van der Waals surface area contributed by atoms with Crippen LogP contribution < -0.4 is 10.1 Å². The molecule has 0 unspecified atom stereocenters. The van der Waals surface area contributed by atoms with Crippen LogP contribution in [-0.4, -0.2) is 52.6 Å². The number of aryl methyl sites for hydroxylation is 2. The van der Waals surface area contributed by atoms with Gasteiger partial charge >= 0.3 is 0 Å². The van der Waals surface area contributed by atoms with Crippen molar-refractivity contribution in [2.75, 3.05) is 25.7 Å². The molecule has 136 valence electrons. The molecule has 1 amide bonds. The summed E-state index contributed by atoms with van der Waals surface area (Å²) in [7, 11) is 1.59. The Kier molecular flexibility index (Phi) is 6.90. The molecule has 0 bridgehead atoms. The van der Waals surface area contributed by atoms with Gasteiger partial charge in [-0.3, -0.25) is 4.79 Å². The lowest BCUT2D eigenvalue weighted by Crippen LogP contribution is -2.38. The molecule has 0 saturated heterocycles. The highest BCUT2D eigenvalue weighted by atomic mass is 32.2. The SMILES string of the molecule is COc1ccc(C(=O)N[C@@H](CO)CCSC)cc1-n1nc(C)cc1C. The van der Waals surface area contributed by atoms with Gasteiger partial charge < -0.3 is 15.2 Å². The van der Waals surface area contributed by atoms with Crippen LogP contribution in [0.15, 0.2) is 24.3 Å². The van der Waals surface area contributed by atoms with Crippen LogP contribution in [0.1, 0.15) is 28.2 Å². The molecule has 0 fully saturated rings. The minimum atomic E-state index is -0.251. The maximum Gasteiger partial charge on any atom is 0.251 e. The third-order valence-electron chi connectivity index (χ3n) is 3.90. The summed E-state index contributed by atoms with van der Waals surface area (Å²) in [5.41, 5.74) is 3.07. The van der Waals surface area contributed by atoms with Crippen molar-refractivity contribution in [3.63, 3.8) is 0 Å². The molecule has 0 aliphatic carbocycles. The van der Waals surface area contributed by atoms with Crippen LogP contribution in [0.25, 0.3) is 5.69 Å². The minimum Gasteiger partial charge on any atom is -0.494 e. The van der Waals surface area contributed by atoms with Gasteiger partial charge in [-0.05, 0) is 56.5 Å². The number of hydrogen-bond acceptors (Lipinski definition) is 5. The van der Waals surface area contributed by atoms with E-state index in [1.807, 2.05) is 26.2 Å². The summed E-state index contributed by atoms with van der Waals surface area (Å²) >= 11 is 1.69. The van der Waals surface area contributed by atoms with E-state index in [0.717, 1.165) is 23.6 Å². The van der Waals surface area contributed by atoms with Gasteiger partial charge in [0.05, 0.1) is 25.5 Å². The molecule has 1 atom stereocenters. The largest absolute Gasteiger partial charge is 0.494 e. The number of nitrogens with zero attached hydrogens (tertiary/aromatic N) is 2. The summed E-state index contributed by atoms with van der Waals surface area (Å²) in [4.78, 5) is 12.6. The fourth-order valence-electron chi connectivity index (χ4n) is 2.61. The predicted molar refractivity (Wildman–Crippen MR) is 101 cm³/mol. The van der Waals surface area contributed by atoms with Crippen molar-refractivity contribution in [1.29, 1.82) is 0 Å². The Morgan fingerprint density at radius 1 is 1.40 bits per heavy atom. The van der Waals surface area contributed by atoms with E-state index in [1.54, 1.807) is 41.8 Å². The summed E-state index contributed by atoms with van der Waals surface area (Å²) in [5.74, 6) is 1.31. The van der Waals surface area contributed by atoms with E-state index in [2.05, 4.69) is 10.4 Å². The molecule has 6 nitrogen and oxygen atoms in total. The zero-order chi connectivity index (χ0) is 18.4. The number of methoxy groups -OCH3 is 1. The molecular formula is C18H25N3O3S. The number of hydrogen-bond donors (Lipinski definition) is 2. The van der Waals surface area contributed by atoms with E-state index < -0.39 is 0 Å². The van der Waals surface area contributed by atoms with Crippen LogP contribution in [0.3, 0.4) is 0 Å². The molecule has 0 radical (unpaired) electrons. The second kappa shape index (κ2) is 8.92. The fourth-order valence-corrected chi connectivity index (χ4v) is 3.13. The second-order valence-corrected chi connectivity index (χ2v) is 6.85. The van der Waals surface area contributed by atoms with Gasteiger partial charge in [0.25, 0.3) is 5.91 Å². The molecule has 0 aliphatic rings. The van der Waals surface area contributed by atoms with Crippen molar-refractivity contribution >= 4 is 17.7 Å². The van der Waals surface area contributed by atoms with Gasteiger partial charge in [0, 0.05) is 11.3 Å². The van der Waals surface area contributed by atoms with Crippen molar-refractivity contribution in [1.82, 2.24) is 15.1 Å². The van der Waals surface area contributed by atoms with Crippen LogP contribution in [-0.2, 0) is 0 Å². The number of carbonyl (C=O) groups excluding carboxylic acids is 1. The number of aliphatic hydroxyl groups is 1. The predicted octanol–water partition coefficient (Wildman–Crippen LogP) is 2.34. The number of amides is 1. The average molecular weight is 363 g/mol. The van der Waals surface area contributed by atoms with Gasteiger partial charge in [-0.15, -0.1) is 0 Å². The zero-order valence-corrected chi connectivity index (χ0v) is 15.9. The molecule has 25 heavy (non-hydrogen) atoms. The maximum absolute atomic E-state index is 12.6. The summed E-state index contributed by atoms with van der Waals surface area (Å²) < 4.78 is 7.18. The molecule has 0 spiro atoms. The Balaban J connectivity index is 2.29. The monoisotopic (exact) mass is 363 g/mol. The minimum absolute atomic E-state index is 0.0766. The Hall–Kier alpha value is -1.99. The molecule has 7 heteroatoms. The van der Waals surface area contributed by atoms with E-state index >= 15 is 0 Å². The van der Waals surface area contributed by atoms with Crippen LogP contribution >= 0.6 is 11.8 Å². The van der Waals surface area contributed by atoms with Gasteiger partial charge in [-0.2, -0.15) is 16.9 Å². The molecule has 1 heterocycles. The lowest BCUT2D eigenvalue weighted by molar-refractivity contribution is 0.0915. The summed E-state index contributed by atoms with van der Waals surface area (Å²) in [6.45, 7) is 3.80. The molecule has 1 aromatic carbocycles. The first-order valence-corrected chi connectivity index (χ1v) is 9.51. The second-order valence-electron chi connectivity index (χ2n) is 5.86. The summed E-state index contributed by atoms with van der Waals surface area (Å²) in [6.07, 6.45) is 2.73. The summed E-state index contributed by atoms with van der Waals surface area (Å²) in [6, 6.07) is 6.95. The maximum atomic E-state index is 12.6. The van der Waals surface area contributed by atoms with Crippen molar-refractivity contribution < 1.29 is 14.6 Å². The molecule has 2 N–H and O–H groups in total. The van der Waals surface area contributed by atoms with Crippen LogP contribution in [0.5, 0.6) is 5.75 Å². The Bertz CT molecular complexity index is 730. The standard InChI is InChI=1S/C18H25N3O3S/c1-12-9-13(2)21(20-12)16-10-14(5-6-17(16)24-3)18(23)19-15(11-22)7-8-25-4/h5-6,9-10,15,22H,7-8,11H2,1-4H3,(H,19,23)/t15-/m1/s1. The van der Waals surface area contributed by atoms with E-state index in [1.165, 1.54) is 0 Å². The molecule has 2 aromatic rings. The first kappa shape index (κ1) is 19.3. The fraction of sp³-hybridized carbons (Fsp3) is 0.444. The molecular weight excluding hydrogens is 338 g/mol. The number of ether oxygens (including phenoxy) is 1. The van der Waals surface area contributed by atoms with Gasteiger partial charge in [0.15, 0.2) is 0 Å². The van der Waals surface area contributed by atoms with E-state index in [4.69, 9.17) is 4.74 Å². The topological polar surface area (TPSA) is 76.4 Å². The van der Waals surface area contributed by atoms with Gasteiger partial charge in [0.2, 0.25) is 0 Å². The van der Waals surface area contributed by atoms with Crippen LogP contribution in [0.4, 0.5) is 0 Å². The number of thioether (sulfide) groups is 1. The third-order valence-corrected chi connectivity index (χ3v) is 4.55. The quantitative estimate of drug-likeness (QED) is 0.753. The average Bonchev–Trinajstić information content (AvgIpc) is 2.95. The van der Waals surface area contributed by atoms with Crippen LogP contribution in [0, 0.1) is 13.8 Å². The number of aromatic nitrogens is 2. The first-order valence-electron chi connectivity index (χ1n) is 8.12. The highest BCUT2D eigenvalue weighted by Crippen LogP contribution is 2.25. The third kappa shape index (κ3) is 4.76. The number of carbonyl (C=O) groups is 1. The Morgan fingerprint density at radius 2 is 2.16 bits per heavy atom. The molecule has 0 aliphatic heterocycles. The van der Waals surface area contributed by atoms with E-state index in [9.17, 15) is 9.90 Å². The molecule has 0 saturated carbocycles. The lowest BCUT2D eigenvalue weighted by atomic mass is 10.1. The van der Waals surface area contributed by atoms with Crippen molar-refractivity contribution in [2.24, 2.45) is 0 Å². The van der Waals surface area contributed by atoms with E-state index in [0.29, 0.717) is 17.0 Å². The Labute approximate surface area is 152 Å². The number of aliphatic hydroxyl groups excluding tert-OH is 1. The number of rotatable bonds is 8. The highest BCUT2D eigenvalue weighted by Gasteiger charge is 2.16. The smallest absolute Gasteiger partial charge is 0.251 e. The van der Waals surface area contributed by atoms with Crippen LogP contribution in [0.2, 0.25) is 0 Å². The van der Waals surface area contributed by atoms with Gasteiger partial charge in [-0.25, -0.2) is 4.68 Å². The number of benzene rings is 1. The number of nitrogens with one attached hydrogen (secondary N) is 1. The molecule has 2 rings (SSSR count). The zero-order valence-electron chi connectivity index (χ0n) is 15.1.